The number of benzene rings is 1. The molecule has 0 spiro atoms. The third kappa shape index (κ3) is 3.89. The molecule has 1 aromatic carbocycles. The maximum absolute atomic E-state index is 12.7. The lowest BCUT2D eigenvalue weighted by Gasteiger charge is -2.39. The van der Waals surface area contributed by atoms with E-state index in [0.29, 0.717) is 17.8 Å². The van der Waals surface area contributed by atoms with E-state index < -0.39 is 0 Å². The zero-order valence-corrected chi connectivity index (χ0v) is 16.2. The molecule has 1 amide bonds. The number of carbonyl (C=O) groups is 1. The van der Waals surface area contributed by atoms with Crippen molar-refractivity contribution in [2.75, 3.05) is 5.75 Å². The monoisotopic (exact) mass is 358 g/mol. The van der Waals surface area contributed by atoms with E-state index in [0.717, 1.165) is 29.5 Å². The summed E-state index contributed by atoms with van der Waals surface area (Å²) in [6.45, 7) is 8.31. The molecule has 0 bridgehead atoms. The van der Waals surface area contributed by atoms with Gasteiger partial charge in [-0.05, 0) is 64.7 Å². The van der Waals surface area contributed by atoms with E-state index >= 15 is 0 Å². The van der Waals surface area contributed by atoms with E-state index in [-0.39, 0.29) is 5.91 Å². The molecule has 0 radical (unpaired) electrons. The fraction of sp³-hybridized carbons (Fsp3) is 0.526. The largest absolute Gasteiger partial charge is 0.337 e. The zero-order chi connectivity index (χ0) is 18.0. The number of piperidine rings is 1. The average Bonchev–Trinajstić information content (AvgIpc) is 2.93. The number of rotatable bonds is 4. The summed E-state index contributed by atoms with van der Waals surface area (Å²) in [5.74, 6) is 1.43. The zero-order valence-electron chi connectivity index (χ0n) is 15.4. The van der Waals surface area contributed by atoms with Crippen molar-refractivity contribution in [2.45, 2.75) is 64.2 Å². The Morgan fingerprint density at radius 1 is 1.20 bits per heavy atom. The molecular formula is C19H26N4OS. The van der Waals surface area contributed by atoms with Crippen LogP contribution in [0.25, 0.3) is 5.69 Å². The van der Waals surface area contributed by atoms with Gasteiger partial charge in [0.25, 0.3) is 0 Å². The van der Waals surface area contributed by atoms with Crippen molar-refractivity contribution >= 4 is 17.7 Å². The first-order chi connectivity index (χ1) is 12.0. The SMILES string of the molecule is Cc1cccc(-n2c(C)nnc2SCC(=O)N2[C@@H](C)CCC[C@@H]2C)c1. The van der Waals surface area contributed by atoms with Gasteiger partial charge in [-0.15, -0.1) is 10.2 Å². The van der Waals surface area contributed by atoms with Gasteiger partial charge < -0.3 is 4.90 Å². The Morgan fingerprint density at radius 3 is 2.60 bits per heavy atom. The number of hydrogen-bond donors (Lipinski definition) is 0. The molecule has 25 heavy (non-hydrogen) atoms. The smallest absolute Gasteiger partial charge is 0.233 e. The Balaban J connectivity index is 1.75. The Hall–Kier alpha value is -1.82. The first kappa shape index (κ1) is 18.0. The second-order valence-corrected chi connectivity index (χ2v) is 7.87. The van der Waals surface area contributed by atoms with Crippen molar-refractivity contribution in [3.63, 3.8) is 0 Å². The van der Waals surface area contributed by atoms with Crippen LogP contribution >= 0.6 is 11.8 Å². The minimum absolute atomic E-state index is 0.196. The molecule has 0 aliphatic carbocycles. The number of nitrogens with zero attached hydrogens (tertiary/aromatic N) is 4. The minimum atomic E-state index is 0.196. The standard InChI is InChI=1S/C19H26N4OS/c1-13-7-5-10-17(11-13)23-16(4)20-21-19(23)25-12-18(24)22-14(2)8-6-9-15(22)3/h5,7,10-11,14-15H,6,8-9,12H2,1-4H3/t14-,15-/m0/s1. The highest BCUT2D eigenvalue weighted by atomic mass is 32.2. The van der Waals surface area contributed by atoms with Crippen LogP contribution in [0.5, 0.6) is 0 Å². The normalized spacial score (nSPS) is 20.7. The predicted octanol–water partition coefficient (Wildman–Crippen LogP) is 3.77. The molecule has 5 nitrogen and oxygen atoms in total. The van der Waals surface area contributed by atoms with E-state index in [1.54, 1.807) is 0 Å². The van der Waals surface area contributed by atoms with Gasteiger partial charge in [0.05, 0.1) is 5.75 Å². The summed E-state index contributed by atoms with van der Waals surface area (Å²) < 4.78 is 2.02. The summed E-state index contributed by atoms with van der Waals surface area (Å²) >= 11 is 1.47. The van der Waals surface area contributed by atoms with E-state index in [2.05, 4.69) is 48.0 Å². The molecule has 0 N–H and O–H groups in total. The van der Waals surface area contributed by atoms with Crippen molar-refractivity contribution in [3.05, 3.63) is 35.7 Å². The van der Waals surface area contributed by atoms with Crippen LogP contribution in [-0.4, -0.2) is 43.4 Å². The lowest BCUT2D eigenvalue weighted by molar-refractivity contribution is -0.134. The van der Waals surface area contributed by atoms with Gasteiger partial charge in [0.2, 0.25) is 5.91 Å². The molecule has 6 heteroatoms. The van der Waals surface area contributed by atoms with Crippen LogP contribution < -0.4 is 0 Å². The second-order valence-electron chi connectivity index (χ2n) is 6.92. The van der Waals surface area contributed by atoms with Crippen LogP contribution in [0.3, 0.4) is 0 Å². The highest BCUT2D eigenvalue weighted by molar-refractivity contribution is 7.99. The number of amides is 1. The van der Waals surface area contributed by atoms with Gasteiger partial charge in [-0.1, -0.05) is 23.9 Å². The van der Waals surface area contributed by atoms with Crippen LogP contribution in [0.1, 0.15) is 44.5 Å². The molecule has 1 saturated heterocycles. The van der Waals surface area contributed by atoms with Crippen molar-refractivity contribution in [3.8, 4) is 5.69 Å². The number of hydrogen-bond acceptors (Lipinski definition) is 4. The second kappa shape index (κ2) is 7.60. The maximum atomic E-state index is 12.7. The molecule has 2 aromatic rings. The van der Waals surface area contributed by atoms with Gasteiger partial charge >= 0.3 is 0 Å². The molecular weight excluding hydrogens is 332 g/mol. The Labute approximate surface area is 153 Å². The summed E-state index contributed by atoms with van der Waals surface area (Å²) in [7, 11) is 0. The molecule has 1 aliphatic rings. The van der Waals surface area contributed by atoms with Gasteiger partial charge in [-0.25, -0.2) is 0 Å². The highest BCUT2D eigenvalue weighted by Gasteiger charge is 2.29. The molecule has 1 aliphatic heterocycles. The van der Waals surface area contributed by atoms with Crippen LogP contribution in [0.4, 0.5) is 0 Å². The molecule has 2 atom stereocenters. The highest BCUT2D eigenvalue weighted by Crippen LogP contribution is 2.26. The van der Waals surface area contributed by atoms with Crippen molar-refractivity contribution in [1.29, 1.82) is 0 Å². The van der Waals surface area contributed by atoms with Crippen LogP contribution in [0, 0.1) is 13.8 Å². The fourth-order valence-corrected chi connectivity index (χ4v) is 4.48. The third-order valence-corrected chi connectivity index (χ3v) is 5.77. The van der Waals surface area contributed by atoms with Crippen LogP contribution in [0.2, 0.25) is 0 Å². The van der Waals surface area contributed by atoms with Gasteiger partial charge in [-0.2, -0.15) is 0 Å². The lowest BCUT2D eigenvalue weighted by atomic mass is 9.98. The molecule has 0 saturated carbocycles. The summed E-state index contributed by atoms with van der Waals surface area (Å²) in [6.07, 6.45) is 3.40. The molecule has 3 rings (SSSR count). The molecule has 1 aromatic heterocycles. The molecule has 0 unspecified atom stereocenters. The minimum Gasteiger partial charge on any atom is -0.337 e. The first-order valence-corrected chi connectivity index (χ1v) is 9.89. The van der Waals surface area contributed by atoms with Gasteiger partial charge in [0.15, 0.2) is 5.16 Å². The van der Waals surface area contributed by atoms with Crippen molar-refractivity contribution in [2.24, 2.45) is 0 Å². The van der Waals surface area contributed by atoms with E-state index in [4.69, 9.17) is 0 Å². The Bertz CT molecular complexity index is 748. The summed E-state index contributed by atoms with van der Waals surface area (Å²) in [5.41, 5.74) is 2.23. The first-order valence-electron chi connectivity index (χ1n) is 8.90. The van der Waals surface area contributed by atoms with E-state index in [1.165, 1.54) is 23.7 Å². The quantitative estimate of drug-likeness (QED) is 0.781. The number of aryl methyl sites for hydroxylation is 2. The van der Waals surface area contributed by atoms with E-state index in [9.17, 15) is 4.79 Å². The molecule has 1 fully saturated rings. The van der Waals surface area contributed by atoms with Crippen LogP contribution in [-0.2, 0) is 4.79 Å². The third-order valence-electron chi connectivity index (χ3n) is 4.86. The summed E-state index contributed by atoms with van der Waals surface area (Å²) in [6, 6.07) is 8.90. The fourth-order valence-electron chi connectivity index (χ4n) is 3.61. The summed E-state index contributed by atoms with van der Waals surface area (Å²) in [5, 5.41) is 9.26. The average molecular weight is 359 g/mol. The van der Waals surface area contributed by atoms with Gasteiger partial charge in [0, 0.05) is 17.8 Å². The number of carbonyl (C=O) groups excluding carboxylic acids is 1. The van der Waals surface area contributed by atoms with Gasteiger partial charge in [0.1, 0.15) is 5.82 Å². The number of likely N-dealkylation sites (tertiary alicyclic amines) is 1. The Kier molecular flexibility index (Phi) is 5.47. The molecule has 134 valence electrons. The lowest BCUT2D eigenvalue weighted by Crippen LogP contribution is -2.48. The van der Waals surface area contributed by atoms with Crippen molar-refractivity contribution < 1.29 is 4.79 Å². The Morgan fingerprint density at radius 2 is 1.92 bits per heavy atom. The van der Waals surface area contributed by atoms with E-state index in [1.807, 2.05) is 23.6 Å². The molecule has 2 heterocycles. The number of thioether (sulfide) groups is 1. The maximum Gasteiger partial charge on any atom is 0.233 e. The predicted molar refractivity (Wildman–Crippen MR) is 101 cm³/mol. The van der Waals surface area contributed by atoms with Gasteiger partial charge in [-0.3, -0.25) is 9.36 Å². The topological polar surface area (TPSA) is 51.0 Å². The van der Waals surface area contributed by atoms with Crippen LogP contribution in [0.15, 0.2) is 29.4 Å². The summed E-state index contributed by atoms with van der Waals surface area (Å²) in [4.78, 5) is 14.8. The van der Waals surface area contributed by atoms with Crippen molar-refractivity contribution in [1.82, 2.24) is 19.7 Å². The number of aromatic nitrogens is 3.